The molecule has 1 amide bonds. The van der Waals surface area contributed by atoms with Gasteiger partial charge in [0.25, 0.3) is 11.5 Å². The number of carbonyl (C=O) groups is 1. The van der Waals surface area contributed by atoms with Crippen molar-refractivity contribution in [2.45, 2.75) is 40.0 Å². The maximum absolute atomic E-state index is 13.0. The Labute approximate surface area is 207 Å². The van der Waals surface area contributed by atoms with E-state index in [1.54, 1.807) is 13.2 Å². The van der Waals surface area contributed by atoms with Crippen molar-refractivity contribution in [3.8, 4) is 5.75 Å². The molecular formula is C26H34N3O5P. The number of hydrogen-bond acceptors (Lipinski definition) is 6. The summed E-state index contributed by atoms with van der Waals surface area (Å²) in [5.74, 6) is -0.994. The SMILES string of the molecule is CCOP(CCCCNC(=O)c1c(O)c2ncc(Cc3ccc(C)cc3)cc2n(C)c1=O)OCC. The maximum atomic E-state index is 13.0. The molecule has 2 heterocycles. The number of fused-ring (bicyclic) bond motifs is 1. The summed E-state index contributed by atoms with van der Waals surface area (Å²) in [6.45, 7) is 7.50. The molecule has 9 heteroatoms. The molecular weight excluding hydrogens is 465 g/mol. The summed E-state index contributed by atoms with van der Waals surface area (Å²) in [7, 11) is 0.679. The van der Waals surface area contributed by atoms with Crippen LogP contribution < -0.4 is 10.9 Å². The van der Waals surface area contributed by atoms with Gasteiger partial charge in [0.1, 0.15) is 11.1 Å². The van der Waals surface area contributed by atoms with Crippen LogP contribution in [0.3, 0.4) is 0 Å². The van der Waals surface area contributed by atoms with E-state index in [1.165, 1.54) is 10.1 Å². The number of aryl methyl sites for hydroxylation is 2. The fourth-order valence-corrected chi connectivity index (χ4v) is 5.17. The molecule has 0 saturated heterocycles. The number of hydrogen-bond donors (Lipinski definition) is 2. The van der Waals surface area contributed by atoms with Crippen LogP contribution in [0.2, 0.25) is 0 Å². The van der Waals surface area contributed by atoms with Crippen LogP contribution in [-0.2, 0) is 22.5 Å². The van der Waals surface area contributed by atoms with Crippen LogP contribution >= 0.6 is 8.38 Å². The summed E-state index contributed by atoms with van der Waals surface area (Å²) >= 11 is 0. The Morgan fingerprint density at radius 3 is 2.46 bits per heavy atom. The molecule has 35 heavy (non-hydrogen) atoms. The van der Waals surface area contributed by atoms with Gasteiger partial charge in [-0.1, -0.05) is 29.8 Å². The van der Waals surface area contributed by atoms with Crippen LogP contribution in [0.15, 0.2) is 41.3 Å². The zero-order valence-electron chi connectivity index (χ0n) is 20.8. The average Bonchev–Trinajstić information content (AvgIpc) is 2.84. The summed E-state index contributed by atoms with van der Waals surface area (Å²) in [4.78, 5) is 30.1. The number of nitrogens with zero attached hydrogens (tertiary/aromatic N) is 2. The standard InChI is InChI=1S/C26H34N3O5P/c1-5-33-35(34-6-2)14-8-7-13-27-25(31)22-24(30)23-21(29(4)26(22)32)16-20(17-28-23)15-19-11-9-18(3)10-12-19/h9-12,16-17,30H,5-8,13-15H2,1-4H3,(H,27,31). The topological polar surface area (TPSA) is 103 Å². The van der Waals surface area contributed by atoms with Gasteiger partial charge in [0, 0.05) is 26.0 Å². The van der Waals surface area contributed by atoms with Crippen LogP contribution in [0.1, 0.15) is 53.7 Å². The quantitative estimate of drug-likeness (QED) is 0.282. The first-order valence-corrected chi connectivity index (χ1v) is 13.3. The van der Waals surface area contributed by atoms with Gasteiger partial charge in [-0.05, 0) is 57.2 Å². The summed E-state index contributed by atoms with van der Waals surface area (Å²) in [5, 5.41) is 13.5. The zero-order chi connectivity index (χ0) is 25.4. The number of benzene rings is 1. The van der Waals surface area contributed by atoms with Crippen LogP contribution in [0.4, 0.5) is 0 Å². The molecule has 2 aromatic heterocycles. The molecule has 0 fully saturated rings. The third-order valence-corrected chi connectivity index (χ3v) is 7.39. The first kappa shape index (κ1) is 26.8. The molecule has 2 N–H and O–H groups in total. The van der Waals surface area contributed by atoms with Crippen molar-refractivity contribution in [1.29, 1.82) is 0 Å². The third kappa shape index (κ3) is 6.88. The molecule has 0 saturated carbocycles. The zero-order valence-corrected chi connectivity index (χ0v) is 21.7. The van der Waals surface area contributed by atoms with Crippen LogP contribution in [0.25, 0.3) is 11.0 Å². The first-order chi connectivity index (χ1) is 16.8. The predicted octanol–water partition coefficient (Wildman–Crippen LogP) is 4.43. The molecule has 8 nitrogen and oxygen atoms in total. The molecule has 0 bridgehead atoms. The minimum absolute atomic E-state index is 0.226. The number of aromatic nitrogens is 2. The largest absolute Gasteiger partial charge is 0.505 e. The summed E-state index contributed by atoms with van der Waals surface area (Å²) in [6, 6.07) is 10.0. The van der Waals surface area contributed by atoms with Crippen LogP contribution in [-0.4, -0.2) is 46.5 Å². The smallest absolute Gasteiger partial charge is 0.267 e. The van der Waals surface area contributed by atoms with Gasteiger partial charge in [0.05, 0.1) is 18.7 Å². The molecule has 0 radical (unpaired) electrons. The van der Waals surface area contributed by atoms with Gasteiger partial charge in [-0.15, -0.1) is 0 Å². The molecule has 0 aliphatic carbocycles. The molecule has 3 rings (SSSR count). The lowest BCUT2D eigenvalue weighted by Gasteiger charge is -2.15. The number of amides is 1. The van der Waals surface area contributed by atoms with E-state index in [2.05, 4.69) is 22.4 Å². The van der Waals surface area contributed by atoms with E-state index in [0.29, 0.717) is 38.1 Å². The first-order valence-electron chi connectivity index (χ1n) is 11.9. The van der Waals surface area contributed by atoms with Gasteiger partial charge < -0.3 is 24.0 Å². The fourth-order valence-electron chi connectivity index (χ4n) is 3.78. The van der Waals surface area contributed by atoms with Gasteiger partial charge in [-0.25, -0.2) is 0 Å². The second-order valence-electron chi connectivity index (χ2n) is 8.32. The van der Waals surface area contributed by atoms with E-state index in [0.717, 1.165) is 23.7 Å². The van der Waals surface area contributed by atoms with Crippen molar-refractivity contribution < 1.29 is 18.9 Å². The summed E-state index contributed by atoms with van der Waals surface area (Å²) < 4.78 is 12.5. The number of rotatable bonds is 12. The Morgan fingerprint density at radius 1 is 1.11 bits per heavy atom. The highest BCUT2D eigenvalue weighted by atomic mass is 31.2. The highest BCUT2D eigenvalue weighted by Gasteiger charge is 2.22. The van der Waals surface area contributed by atoms with E-state index in [9.17, 15) is 14.7 Å². The molecule has 188 valence electrons. The van der Waals surface area contributed by atoms with Crippen molar-refractivity contribution >= 4 is 25.3 Å². The Bertz CT molecular complexity index is 1200. The second-order valence-corrected chi connectivity index (χ2v) is 9.95. The molecule has 3 aromatic rings. The highest BCUT2D eigenvalue weighted by Crippen LogP contribution is 2.38. The van der Waals surface area contributed by atoms with E-state index < -0.39 is 25.6 Å². The Balaban J connectivity index is 1.70. The monoisotopic (exact) mass is 499 g/mol. The number of nitrogens with one attached hydrogen (secondary N) is 1. The van der Waals surface area contributed by atoms with Crippen molar-refractivity contribution in [3.63, 3.8) is 0 Å². The van der Waals surface area contributed by atoms with E-state index in [-0.39, 0.29) is 11.1 Å². The van der Waals surface area contributed by atoms with Crippen molar-refractivity contribution in [3.05, 3.63) is 69.1 Å². The van der Waals surface area contributed by atoms with E-state index in [1.807, 2.05) is 39.0 Å². The molecule has 1 aromatic carbocycles. The second kappa shape index (κ2) is 12.8. The van der Waals surface area contributed by atoms with Crippen molar-refractivity contribution in [1.82, 2.24) is 14.9 Å². The Kier molecular flexibility index (Phi) is 9.78. The number of pyridine rings is 2. The predicted molar refractivity (Wildman–Crippen MR) is 139 cm³/mol. The van der Waals surface area contributed by atoms with Gasteiger partial charge in [-0.3, -0.25) is 14.6 Å². The average molecular weight is 500 g/mol. The maximum Gasteiger partial charge on any atom is 0.267 e. The van der Waals surface area contributed by atoms with Gasteiger partial charge in [-0.2, -0.15) is 0 Å². The third-order valence-electron chi connectivity index (χ3n) is 5.62. The molecule has 0 aliphatic heterocycles. The summed E-state index contributed by atoms with van der Waals surface area (Å²) in [6.07, 6.45) is 4.63. The number of aromatic hydroxyl groups is 1. The van der Waals surface area contributed by atoms with E-state index in [4.69, 9.17) is 9.05 Å². The molecule has 0 spiro atoms. The molecule has 0 unspecified atom stereocenters. The normalized spacial score (nSPS) is 11.3. The summed E-state index contributed by atoms with van der Waals surface area (Å²) in [5.41, 5.74) is 3.08. The van der Waals surface area contributed by atoms with E-state index >= 15 is 0 Å². The van der Waals surface area contributed by atoms with Crippen LogP contribution in [0.5, 0.6) is 5.75 Å². The van der Waals surface area contributed by atoms with Gasteiger partial charge in [0.2, 0.25) is 0 Å². The lowest BCUT2D eigenvalue weighted by Crippen LogP contribution is -2.33. The lowest BCUT2D eigenvalue weighted by molar-refractivity contribution is 0.0948. The van der Waals surface area contributed by atoms with Gasteiger partial charge in [0.15, 0.2) is 14.1 Å². The molecule has 0 atom stereocenters. The minimum Gasteiger partial charge on any atom is -0.505 e. The fraction of sp³-hybridized carbons (Fsp3) is 0.423. The Morgan fingerprint density at radius 2 is 1.80 bits per heavy atom. The van der Waals surface area contributed by atoms with Crippen molar-refractivity contribution in [2.75, 3.05) is 25.9 Å². The number of unbranched alkanes of at least 4 members (excludes halogenated alkanes) is 1. The highest BCUT2D eigenvalue weighted by molar-refractivity contribution is 7.47. The van der Waals surface area contributed by atoms with Gasteiger partial charge >= 0.3 is 0 Å². The van der Waals surface area contributed by atoms with Crippen molar-refractivity contribution in [2.24, 2.45) is 7.05 Å². The minimum atomic E-state index is -0.906. The molecule has 0 aliphatic rings. The van der Waals surface area contributed by atoms with Crippen LogP contribution in [0, 0.1) is 6.92 Å². The lowest BCUT2D eigenvalue weighted by atomic mass is 10.0. The number of carbonyl (C=O) groups excluding carboxylic acids is 1. The Hall–Kier alpha value is -2.80.